The number of ether oxygens (including phenoxy) is 3. The molecule has 2 aromatic carbocycles. The first-order valence-corrected chi connectivity index (χ1v) is 15.9. The van der Waals surface area contributed by atoms with Crippen LogP contribution in [-0.4, -0.2) is 86.1 Å². The third kappa shape index (κ3) is 6.93. The Labute approximate surface area is 261 Å². The number of urea groups is 1. The average Bonchev–Trinajstić information content (AvgIpc) is 3.61. The minimum absolute atomic E-state index is 0.0581. The SMILES string of the molecule is Cc1noc(C)c1S(=O)(=O)Nc1ccc2c(c1)CC(=O)N([C@@H](C)CO)C[C@H](C)[C@H](CN(C)C(=O)Nc1ccc3c(c1)OCO3)O2. The fourth-order valence-electron chi connectivity index (χ4n) is 5.32. The van der Waals surface area contributed by atoms with E-state index in [-0.39, 0.29) is 72.8 Å². The Bertz CT molecular complexity index is 1670. The van der Waals surface area contributed by atoms with Crippen LogP contribution in [0.3, 0.4) is 0 Å². The van der Waals surface area contributed by atoms with E-state index in [0.29, 0.717) is 28.5 Å². The maximum Gasteiger partial charge on any atom is 0.321 e. The highest BCUT2D eigenvalue weighted by atomic mass is 32.2. The van der Waals surface area contributed by atoms with Gasteiger partial charge >= 0.3 is 6.03 Å². The van der Waals surface area contributed by atoms with E-state index >= 15 is 0 Å². The second kappa shape index (κ2) is 12.9. The zero-order valence-corrected chi connectivity index (χ0v) is 26.5. The first-order chi connectivity index (χ1) is 21.4. The van der Waals surface area contributed by atoms with Crippen LogP contribution in [0.5, 0.6) is 17.2 Å². The molecule has 3 aromatic rings. The lowest BCUT2D eigenvalue weighted by molar-refractivity contribution is -0.134. The molecule has 0 aliphatic carbocycles. The zero-order valence-electron chi connectivity index (χ0n) is 25.7. The summed E-state index contributed by atoms with van der Waals surface area (Å²) in [6.45, 7) is 7.01. The summed E-state index contributed by atoms with van der Waals surface area (Å²) in [4.78, 5) is 29.7. The third-order valence-corrected chi connectivity index (χ3v) is 9.45. The van der Waals surface area contributed by atoms with Crippen LogP contribution in [0.4, 0.5) is 16.2 Å². The van der Waals surface area contributed by atoms with Gasteiger partial charge < -0.3 is 39.0 Å². The number of fused-ring (bicyclic) bond motifs is 2. The van der Waals surface area contributed by atoms with Gasteiger partial charge in [-0.25, -0.2) is 13.2 Å². The van der Waals surface area contributed by atoms with Gasteiger partial charge in [-0.05, 0) is 51.1 Å². The van der Waals surface area contributed by atoms with E-state index in [4.69, 9.17) is 18.7 Å². The summed E-state index contributed by atoms with van der Waals surface area (Å²) in [5.74, 6) is 1.16. The number of aromatic nitrogens is 1. The minimum Gasteiger partial charge on any atom is -0.488 e. The van der Waals surface area contributed by atoms with E-state index in [1.165, 1.54) is 18.7 Å². The maximum absolute atomic E-state index is 13.5. The summed E-state index contributed by atoms with van der Waals surface area (Å²) in [5.41, 5.74) is 1.42. The molecule has 0 spiro atoms. The number of aliphatic hydroxyl groups is 1. The van der Waals surface area contributed by atoms with Gasteiger partial charge in [0, 0.05) is 42.5 Å². The molecule has 5 rings (SSSR count). The standard InChI is InChI=1S/C30H37N5O9S/c1-17-13-35(18(2)15-36)28(37)11-21-10-23(33-45(39,40)29-19(3)32-44-20(29)4)7-8-24(21)43-27(17)14-34(5)30(38)31-22-6-9-25-26(12-22)42-16-41-25/h6-10,12,17-18,27,33,36H,11,13-16H2,1-5H3,(H,31,38)/t17-,18-,27-/m0/s1. The van der Waals surface area contributed by atoms with Crippen molar-refractivity contribution >= 4 is 33.3 Å². The molecule has 0 saturated heterocycles. The number of amides is 3. The van der Waals surface area contributed by atoms with Crippen molar-refractivity contribution in [1.82, 2.24) is 15.0 Å². The lowest BCUT2D eigenvalue weighted by Gasteiger charge is -2.34. The van der Waals surface area contributed by atoms with E-state index in [1.807, 2.05) is 6.92 Å². The summed E-state index contributed by atoms with van der Waals surface area (Å²) < 4.78 is 51.1. The van der Waals surface area contributed by atoms with Gasteiger partial charge in [-0.2, -0.15) is 0 Å². The fraction of sp³-hybridized carbons (Fsp3) is 0.433. The number of anilines is 2. The molecule has 0 saturated carbocycles. The van der Waals surface area contributed by atoms with Crippen molar-refractivity contribution in [3.05, 3.63) is 53.4 Å². The highest BCUT2D eigenvalue weighted by molar-refractivity contribution is 7.92. The molecule has 3 heterocycles. The number of nitrogens with zero attached hydrogens (tertiary/aromatic N) is 3. The van der Waals surface area contributed by atoms with E-state index in [9.17, 15) is 23.1 Å². The molecule has 0 radical (unpaired) electrons. The highest BCUT2D eigenvalue weighted by Crippen LogP contribution is 2.35. The average molecular weight is 644 g/mol. The van der Waals surface area contributed by atoms with Gasteiger partial charge in [0.15, 0.2) is 22.2 Å². The Morgan fingerprint density at radius 2 is 1.84 bits per heavy atom. The number of hydrogen-bond acceptors (Lipinski definition) is 10. The van der Waals surface area contributed by atoms with Gasteiger partial charge in [-0.1, -0.05) is 12.1 Å². The van der Waals surface area contributed by atoms with Gasteiger partial charge in [-0.15, -0.1) is 0 Å². The van der Waals surface area contributed by atoms with Crippen molar-refractivity contribution in [3.8, 4) is 17.2 Å². The molecule has 0 bridgehead atoms. The number of aryl methyl sites for hydroxylation is 2. The molecule has 2 aliphatic rings. The van der Waals surface area contributed by atoms with Crippen LogP contribution in [0.1, 0.15) is 30.9 Å². The van der Waals surface area contributed by atoms with Crippen molar-refractivity contribution in [2.75, 3.05) is 43.6 Å². The summed E-state index contributed by atoms with van der Waals surface area (Å²) in [6, 6.07) is 8.95. The Kier molecular flexibility index (Phi) is 9.11. The molecule has 15 heteroatoms. The van der Waals surface area contributed by atoms with Gasteiger partial charge in [0.25, 0.3) is 10.0 Å². The van der Waals surface area contributed by atoms with E-state index in [1.54, 1.807) is 55.3 Å². The lowest BCUT2D eigenvalue weighted by atomic mass is 10.0. The van der Waals surface area contributed by atoms with Gasteiger partial charge in [-0.3, -0.25) is 9.52 Å². The Balaban J connectivity index is 1.40. The van der Waals surface area contributed by atoms with E-state index in [2.05, 4.69) is 15.2 Å². The third-order valence-electron chi connectivity index (χ3n) is 7.83. The van der Waals surface area contributed by atoms with Gasteiger partial charge in [0.2, 0.25) is 12.7 Å². The topological polar surface area (TPSA) is 173 Å². The number of rotatable bonds is 8. The fourth-order valence-corrected chi connectivity index (χ4v) is 6.70. The van der Waals surface area contributed by atoms with Crippen molar-refractivity contribution in [3.63, 3.8) is 0 Å². The van der Waals surface area contributed by atoms with Crippen molar-refractivity contribution in [2.45, 2.75) is 51.2 Å². The first kappa shape index (κ1) is 31.9. The lowest BCUT2D eigenvalue weighted by Crippen LogP contribution is -2.48. The van der Waals surface area contributed by atoms with Crippen LogP contribution in [0.15, 0.2) is 45.8 Å². The Morgan fingerprint density at radius 1 is 1.13 bits per heavy atom. The van der Waals surface area contributed by atoms with Crippen LogP contribution < -0.4 is 24.2 Å². The molecule has 0 fully saturated rings. The largest absolute Gasteiger partial charge is 0.488 e. The number of benzene rings is 2. The predicted octanol–water partition coefficient (Wildman–Crippen LogP) is 3.13. The van der Waals surface area contributed by atoms with E-state index < -0.39 is 22.2 Å². The van der Waals surface area contributed by atoms with Crippen LogP contribution >= 0.6 is 0 Å². The highest BCUT2D eigenvalue weighted by Gasteiger charge is 2.32. The molecule has 3 N–H and O–H groups in total. The number of carbonyl (C=O) groups is 2. The smallest absolute Gasteiger partial charge is 0.321 e. The second-order valence-corrected chi connectivity index (χ2v) is 13.0. The van der Waals surface area contributed by atoms with Crippen LogP contribution in [0.2, 0.25) is 0 Å². The predicted molar refractivity (Wildman–Crippen MR) is 163 cm³/mol. The maximum atomic E-state index is 13.5. The van der Waals surface area contributed by atoms with Crippen molar-refractivity contribution in [2.24, 2.45) is 5.92 Å². The molecule has 242 valence electrons. The number of carbonyl (C=O) groups excluding carboxylic acids is 2. The quantitative estimate of drug-likeness (QED) is 0.331. The Morgan fingerprint density at radius 3 is 2.56 bits per heavy atom. The molecule has 3 atom stereocenters. The summed E-state index contributed by atoms with van der Waals surface area (Å²) in [5, 5.41) is 16.5. The summed E-state index contributed by atoms with van der Waals surface area (Å²) in [6.07, 6.45) is -0.666. The van der Waals surface area contributed by atoms with Crippen molar-refractivity contribution in [1.29, 1.82) is 0 Å². The molecule has 45 heavy (non-hydrogen) atoms. The van der Waals surface area contributed by atoms with Gasteiger partial charge in [0.05, 0.1) is 25.6 Å². The molecule has 0 unspecified atom stereocenters. The summed E-state index contributed by atoms with van der Waals surface area (Å²) >= 11 is 0. The number of likely N-dealkylation sites (N-methyl/N-ethyl adjacent to an activating group) is 1. The molecular formula is C30H37N5O9S. The molecule has 3 amide bonds. The first-order valence-electron chi connectivity index (χ1n) is 14.4. The number of sulfonamides is 1. The van der Waals surface area contributed by atoms with E-state index in [0.717, 1.165) is 0 Å². The summed E-state index contributed by atoms with van der Waals surface area (Å²) in [7, 11) is -2.40. The molecule has 1 aromatic heterocycles. The molecule has 14 nitrogen and oxygen atoms in total. The normalized spacial score (nSPS) is 18.6. The number of aliphatic hydroxyl groups excluding tert-OH is 1. The molecule has 2 aliphatic heterocycles. The number of nitrogens with one attached hydrogen (secondary N) is 2. The monoisotopic (exact) mass is 643 g/mol. The van der Waals surface area contributed by atoms with Crippen molar-refractivity contribution < 1.29 is 41.8 Å². The second-order valence-electron chi connectivity index (χ2n) is 11.3. The van der Waals surface area contributed by atoms with Crippen LogP contribution in [0.25, 0.3) is 0 Å². The Hall–Kier alpha value is -4.50. The van der Waals surface area contributed by atoms with Gasteiger partial charge in [0.1, 0.15) is 17.5 Å². The zero-order chi connectivity index (χ0) is 32.5. The van der Waals surface area contributed by atoms with Crippen LogP contribution in [-0.2, 0) is 21.2 Å². The number of hydrogen-bond donors (Lipinski definition) is 3. The van der Waals surface area contributed by atoms with Crippen LogP contribution in [0, 0.1) is 19.8 Å². The molecular weight excluding hydrogens is 606 g/mol. The minimum atomic E-state index is -4.04.